The highest BCUT2D eigenvalue weighted by Gasteiger charge is 2.42. The fourth-order valence-corrected chi connectivity index (χ4v) is 5.65. The molecule has 2 fully saturated rings. The third-order valence-corrected chi connectivity index (χ3v) is 7.24. The highest BCUT2D eigenvalue weighted by molar-refractivity contribution is 8.04. The van der Waals surface area contributed by atoms with E-state index in [0.717, 1.165) is 35.3 Å². The molecular formula is C24H26N2O2S. The van der Waals surface area contributed by atoms with Crippen molar-refractivity contribution in [1.82, 2.24) is 10.2 Å². The number of thioether (sulfide) groups is 1. The molecule has 1 N–H and O–H groups in total. The van der Waals surface area contributed by atoms with Crippen molar-refractivity contribution in [3.05, 3.63) is 76.7 Å². The number of hydrogen-bond acceptors (Lipinski definition) is 3. The molecule has 0 radical (unpaired) electrons. The Kier molecular flexibility index (Phi) is 6.05. The van der Waals surface area contributed by atoms with E-state index in [0.29, 0.717) is 11.8 Å². The van der Waals surface area contributed by atoms with Crippen molar-refractivity contribution in [3.63, 3.8) is 0 Å². The Hall–Kier alpha value is -2.53. The van der Waals surface area contributed by atoms with Gasteiger partial charge in [-0.25, -0.2) is 0 Å². The molecule has 1 aliphatic carbocycles. The van der Waals surface area contributed by atoms with E-state index < -0.39 is 0 Å². The average molecular weight is 407 g/mol. The minimum absolute atomic E-state index is 0.0320. The van der Waals surface area contributed by atoms with Gasteiger partial charge in [-0.2, -0.15) is 0 Å². The SMILES string of the molecule is CN1C(=O)/C(=C/c2ccccc2)SC2CCC(C(=O)NCc3ccccc3)CC21. The lowest BCUT2D eigenvalue weighted by molar-refractivity contribution is -0.132. The van der Waals surface area contributed by atoms with Gasteiger partial charge in [0.1, 0.15) is 0 Å². The molecule has 2 aromatic carbocycles. The summed E-state index contributed by atoms with van der Waals surface area (Å²) in [4.78, 5) is 28.3. The lowest BCUT2D eigenvalue weighted by atomic mass is 9.83. The first-order valence-corrected chi connectivity index (χ1v) is 11.0. The van der Waals surface area contributed by atoms with Crippen LogP contribution < -0.4 is 5.32 Å². The Morgan fingerprint density at radius 1 is 1.10 bits per heavy atom. The van der Waals surface area contributed by atoms with Gasteiger partial charge in [-0.15, -0.1) is 11.8 Å². The number of rotatable bonds is 4. The summed E-state index contributed by atoms with van der Waals surface area (Å²) in [6, 6.07) is 20.0. The summed E-state index contributed by atoms with van der Waals surface area (Å²) >= 11 is 1.68. The molecule has 1 aliphatic heterocycles. The van der Waals surface area contributed by atoms with E-state index in [2.05, 4.69) is 5.32 Å². The maximum absolute atomic E-state index is 12.9. The summed E-state index contributed by atoms with van der Waals surface area (Å²) in [6.07, 6.45) is 4.54. The first-order chi connectivity index (χ1) is 14.1. The number of fused-ring (bicyclic) bond motifs is 1. The number of benzene rings is 2. The molecule has 1 saturated heterocycles. The maximum atomic E-state index is 12.9. The number of hydrogen-bond donors (Lipinski definition) is 1. The summed E-state index contributed by atoms with van der Waals surface area (Å²) in [5.41, 5.74) is 2.15. The molecule has 150 valence electrons. The van der Waals surface area contributed by atoms with Gasteiger partial charge in [-0.05, 0) is 36.5 Å². The van der Waals surface area contributed by atoms with Gasteiger partial charge in [-0.3, -0.25) is 9.59 Å². The van der Waals surface area contributed by atoms with Crippen LogP contribution in [0.1, 0.15) is 30.4 Å². The molecule has 1 saturated carbocycles. The van der Waals surface area contributed by atoms with Crippen molar-refractivity contribution < 1.29 is 9.59 Å². The summed E-state index contributed by atoms with van der Waals surface area (Å²) in [6.45, 7) is 0.553. The van der Waals surface area contributed by atoms with Crippen LogP contribution in [0, 0.1) is 5.92 Å². The third-order valence-electron chi connectivity index (χ3n) is 5.84. The van der Waals surface area contributed by atoms with Gasteiger partial charge in [0, 0.05) is 30.8 Å². The zero-order valence-corrected chi connectivity index (χ0v) is 17.4. The van der Waals surface area contributed by atoms with E-state index in [4.69, 9.17) is 0 Å². The molecule has 4 rings (SSSR count). The number of amides is 2. The van der Waals surface area contributed by atoms with Gasteiger partial charge in [0.2, 0.25) is 5.91 Å². The normalized spacial score (nSPS) is 25.6. The first-order valence-electron chi connectivity index (χ1n) is 10.1. The van der Waals surface area contributed by atoms with Gasteiger partial charge in [-0.1, -0.05) is 60.7 Å². The van der Waals surface area contributed by atoms with Crippen LogP contribution >= 0.6 is 11.8 Å². The molecule has 2 aromatic rings. The molecule has 2 aliphatic rings. The van der Waals surface area contributed by atoms with Gasteiger partial charge in [0.05, 0.1) is 4.91 Å². The Balaban J connectivity index is 1.39. The summed E-state index contributed by atoms with van der Waals surface area (Å²) in [7, 11) is 1.88. The summed E-state index contributed by atoms with van der Waals surface area (Å²) in [5.74, 6) is 0.129. The summed E-state index contributed by atoms with van der Waals surface area (Å²) in [5, 5.41) is 3.42. The van der Waals surface area contributed by atoms with Crippen molar-refractivity contribution in [2.45, 2.75) is 37.1 Å². The lowest BCUT2D eigenvalue weighted by Gasteiger charge is -2.44. The first kappa shape index (κ1) is 19.8. The number of likely N-dealkylation sites (N-methyl/N-ethyl adjacent to an activating group) is 1. The van der Waals surface area contributed by atoms with E-state index in [9.17, 15) is 9.59 Å². The Bertz CT molecular complexity index is 898. The third kappa shape index (κ3) is 4.56. The second-order valence-corrected chi connectivity index (χ2v) is 9.05. The van der Waals surface area contributed by atoms with Gasteiger partial charge in [0.15, 0.2) is 0 Å². The monoisotopic (exact) mass is 406 g/mol. The second-order valence-electron chi connectivity index (χ2n) is 7.77. The highest BCUT2D eigenvalue weighted by atomic mass is 32.2. The van der Waals surface area contributed by atoms with E-state index in [1.807, 2.05) is 78.7 Å². The minimum atomic E-state index is -0.0320. The lowest BCUT2D eigenvalue weighted by Crippen LogP contribution is -2.52. The Morgan fingerprint density at radius 2 is 1.79 bits per heavy atom. The summed E-state index contributed by atoms with van der Waals surface area (Å²) < 4.78 is 0. The molecule has 0 spiro atoms. The van der Waals surface area contributed by atoms with E-state index >= 15 is 0 Å². The average Bonchev–Trinajstić information content (AvgIpc) is 2.77. The molecule has 29 heavy (non-hydrogen) atoms. The molecule has 4 nitrogen and oxygen atoms in total. The second kappa shape index (κ2) is 8.87. The zero-order chi connectivity index (χ0) is 20.2. The van der Waals surface area contributed by atoms with Crippen LogP contribution in [0.2, 0.25) is 0 Å². The Labute approximate surface area is 176 Å². The maximum Gasteiger partial charge on any atom is 0.260 e. The van der Waals surface area contributed by atoms with Crippen molar-refractivity contribution in [2.75, 3.05) is 7.05 Å². The molecule has 1 heterocycles. The fraction of sp³-hybridized carbons (Fsp3) is 0.333. The van der Waals surface area contributed by atoms with Crippen molar-refractivity contribution in [1.29, 1.82) is 0 Å². The van der Waals surface area contributed by atoms with Crippen molar-refractivity contribution >= 4 is 29.7 Å². The number of carbonyl (C=O) groups excluding carboxylic acids is 2. The molecule has 0 aromatic heterocycles. The van der Waals surface area contributed by atoms with E-state index in [1.54, 1.807) is 11.8 Å². The van der Waals surface area contributed by atoms with Crippen LogP contribution in [0.4, 0.5) is 0 Å². The predicted octanol–water partition coefficient (Wildman–Crippen LogP) is 4.09. The molecule has 3 unspecified atom stereocenters. The molecule has 3 atom stereocenters. The van der Waals surface area contributed by atoms with Crippen molar-refractivity contribution in [2.24, 2.45) is 5.92 Å². The topological polar surface area (TPSA) is 49.4 Å². The predicted molar refractivity (Wildman–Crippen MR) is 118 cm³/mol. The van der Waals surface area contributed by atoms with Crippen LogP contribution in [0.25, 0.3) is 6.08 Å². The molecular weight excluding hydrogens is 380 g/mol. The molecule has 0 bridgehead atoms. The zero-order valence-electron chi connectivity index (χ0n) is 16.6. The smallest absolute Gasteiger partial charge is 0.260 e. The number of carbonyl (C=O) groups is 2. The van der Waals surface area contributed by atoms with Crippen molar-refractivity contribution in [3.8, 4) is 0 Å². The highest BCUT2D eigenvalue weighted by Crippen LogP contribution is 2.43. The number of nitrogens with one attached hydrogen (secondary N) is 1. The van der Waals surface area contributed by atoms with Crippen LogP contribution in [0.15, 0.2) is 65.6 Å². The standard InChI is InChI=1S/C24H26N2O2S/c1-26-20-15-19(23(27)25-16-18-10-6-3-7-11-18)12-13-21(20)29-22(24(26)28)14-17-8-4-2-5-9-17/h2-11,14,19-21H,12-13,15-16H2,1H3,(H,25,27)/b22-14-. The van der Waals surface area contributed by atoms with Crippen LogP contribution in [0.5, 0.6) is 0 Å². The number of nitrogens with zero attached hydrogens (tertiary/aromatic N) is 1. The van der Waals surface area contributed by atoms with Crippen LogP contribution in [-0.4, -0.2) is 35.1 Å². The largest absolute Gasteiger partial charge is 0.352 e. The Morgan fingerprint density at radius 3 is 2.52 bits per heavy atom. The van der Waals surface area contributed by atoms with Crippen LogP contribution in [0.3, 0.4) is 0 Å². The van der Waals surface area contributed by atoms with Gasteiger partial charge < -0.3 is 10.2 Å². The van der Waals surface area contributed by atoms with E-state index in [-0.39, 0.29) is 23.8 Å². The fourth-order valence-electron chi connectivity index (χ4n) is 4.17. The minimum Gasteiger partial charge on any atom is -0.352 e. The molecule has 2 amide bonds. The quantitative estimate of drug-likeness (QED) is 0.778. The van der Waals surface area contributed by atoms with Gasteiger partial charge in [0.25, 0.3) is 5.91 Å². The van der Waals surface area contributed by atoms with Gasteiger partial charge >= 0.3 is 0 Å². The van der Waals surface area contributed by atoms with Crippen LogP contribution in [-0.2, 0) is 16.1 Å². The molecule has 5 heteroatoms. The van der Waals surface area contributed by atoms with E-state index in [1.165, 1.54) is 0 Å².